The van der Waals surface area contributed by atoms with Crippen LogP contribution >= 0.6 is 11.3 Å². The maximum absolute atomic E-state index is 13.2. The molecule has 9 heteroatoms. The highest BCUT2D eigenvalue weighted by Gasteiger charge is 2.45. The topological polar surface area (TPSA) is 87.8 Å². The number of fused-ring (bicyclic) bond motifs is 2. The zero-order valence-corrected chi connectivity index (χ0v) is 23.8. The van der Waals surface area contributed by atoms with Gasteiger partial charge in [-0.2, -0.15) is 0 Å². The van der Waals surface area contributed by atoms with Gasteiger partial charge in [0, 0.05) is 43.8 Å². The normalized spacial score (nSPS) is 16.0. The van der Waals surface area contributed by atoms with Crippen molar-refractivity contribution in [3.05, 3.63) is 80.6 Å². The van der Waals surface area contributed by atoms with Gasteiger partial charge in [0.25, 0.3) is 5.56 Å². The van der Waals surface area contributed by atoms with E-state index in [9.17, 15) is 14.4 Å². The van der Waals surface area contributed by atoms with Crippen molar-refractivity contribution in [3.8, 4) is 0 Å². The average molecular weight is 547 g/mol. The van der Waals surface area contributed by atoms with Crippen LogP contribution < -0.4 is 20.7 Å². The van der Waals surface area contributed by atoms with E-state index in [0.717, 1.165) is 29.1 Å². The van der Waals surface area contributed by atoms with Gasteiger partial charge in [-0.15, -0.1) is 11.3 Å². The summed E-state index contributed by atoms with van der Waals surface area (Å²) in [4.78, 5) is 43.8. The van der Waals surface area contributed by atoms with Crippen molar-refractivity contribution in [1.29, 1.82) is 0 Å². The van der Waals surface area contributed by atoms with Crippen LogP contribution in [-0.4, -0.2) is 30.0 Å². The summed E-state index contributed by atoms with van der Waals surface area (Å²) in [5.41, 5.74) is 1.90. The number of aryl methyl sites for hydroxylation is 2. The lowest BCUT2D eigenvalue weighted by atomic mass is 9.90. The van der Waals surface area contributed by atoms with Crippen LogP contribution in [0.1, 0.15) is 49.4 Å². The number of hydrogen-bond acceptors (Lipinski definition) is 6. The Labute approximate surface area is 231 Å². The van der Waals surface area contributed by atoms with Crippen molar-refractivity contribution < 1.29 is 14.0 Å². The summed E-state index contributed by atoms with van der Waals surface area (Å²) in [5, 5.41) is 6.31. The summed E-state index contributed by atoms with van der Waals surface area (Å²) in [5.74, 6) is 0.311. The molecular weight excluding hydrogens is 512 g/mol. The highest BCUT2D eigenvalue weighted by atomic mass is 32.1. The van der Waals surface area contributed by atoms with E-state index in [1.807, 2.05) is 44.2 Å². The van der Waals surface area contributed by atoms with Gasteiger partial charge in [-0.1, -0.05) is 12.1 Å². The van der Waals surface area contributed by atoms with Gasteiger partial charge in [0.1, 0.15) is 16.8 Å². The molecule has 3 aromatic heterocycles. The summed E-state index contributed by atoms with van der Waals surface area (Å²) < 4.78 is 7.33. The van der Waals surface area contributed by atoms with Crippen LogP contribution in [0.3, 0.4) is 0 Å². The molecule has 5 rings (SSSR count). The Kier molecular flexibility index (Phi) is 7.22. The third kappa shape index (κ3) is 4.92. The molecule has 1 aromatic carbocycles. The Morgan fingerprint density at radius 3 is 2.56 bits per heavy atom. The number of nitrogens with zero attached hydrogens (tertiary/aromatic N) is 3. The molecule has 0 saturated heterocycles. The van der Waals surface area contributed by atoms with E-state index in [1.54, 1.807) is 58.9 Å². The molecule has 8 nitrogen and oxygen atoms in total. The Morgan fingerprint density at radius 2 is 1.85 bits per heavy atom. The second-order valence-corrected chi connectivity index (χ2v) is 11.5. The number of carbonyl (C=O) groups is 2. The quantitative estimate of drug-likeness (QED) is 0.306. The minimum absolute atomic E-state index is 0.0319. The fourth-order valence-corrected chi connectivity index (χ4v) is 6.12. The van der Waals surface area contributed by atoms with Gasteiger partial charge in [-0.3, -0.25) is 14.4 Å². The highest BCUT2D eigenvalue weighted by molar-refractivity contribution is 7.10. The number of furan rings is 1. The molecule has 1 aliphatic rings. The maximum Gasteiger partial charge on any atom is 0.261 e. The van der Waals surface area contributed by atoms with Gasteiger partial charge in [0.2, 0.25) is 11.8 Å². The molecule has 2 amide bonds. The molecule has 4 heterocycles. The lowest BCUT2D eigenvalue weighted by Gasteiger charge is -2.27. The number of aromatic nitrogens is 1. The first-order valence-corrected chi connectivity index (χ1v) is 14.1. The molecule has 0 fully saturated rings. The summed E-state index contributed by atoms with van der Waals surface area (Å²) in [6.45, 7) is 8.74. The van der Waals surface area contributed by atoms with E-state index < -0.39 is 5.41 Å². The third-order valence-electron chi connectivity index (χ3n) is 7.51. The van der Waals surface area contributed by atoms with Crippen molar-refractivity contribution in [3.63, 3.8) is 0 Å². The zero-order valence-electron chi connectivity index (χ0n) is 23.0. The first-order chi connectivity index (χ1) is 18.6. The molecule has 0 aliphatic carbocycles. The van der Waals surface area contributed by atoms with Crippen LogP contribution in [0.4, 0.5) is 11.4 Å². The van der Waals surface area contributed by atoms with Crippen LogP contribution in [-0.2, 0) is 22.7 Å². The molecule has 0 bridgehead atoms. The summed E-state index contributed by atoms with van der Waals surface area (Å²) in [6.07, 6.45) is 2.51. The number of anilines is 2. The molecule has 0 spiro atoms. The van der Waals surface area contributed by atoms with Crippen molar-refractivity contribution >= 4 is 45.5 Å². The van der Waals surface area contributed by atoms with Crippen LogP contribution in [0.25, 0.3) is 11.0 Å². The molecule has 204 valence electrons. The third-order valence-corrected chi connectivity index (χ3v) is 8.49. The number of thiophene rings is 1. The van der Waals surface area contributed by atoms with Gasteiger partial charge >= 0.3 is 0 Å². The molecular formula is C30H34N4O4S. The van der Waals surface area contributed by atoms with Crippen LogP contribution in [0.5, 0.6) is 0 Å². The van der Waals surface area contributed by atoms with Crippen LogP contribution in [0, 0.1) is 12.3 Å². The minimum atomic E-state index is -1.14. The SMILES string of the molecule is CCN1C(=O)C(C)(C)C(=O)N(C)c2cc(CNC(CCn3ccc4oc(C)cc4c3=O)c3cccs3)ccc21. The molecule has 1 unspecified atom stereocenters. The van der Waals surface area contributed by atoms with Crippen molar-refractivity contribution in [2.45, 2.75) is 53.2 Å². The second kappa shape index (κ2) is 10.5. The fraction of sp³-hybridized carbons (Fsp3) is 0.367. The molecule has 1 aliphatic heterocycles. The van der Waals surface area contributed by atoms with Crippen LogP contribution in [0.2, 0.25) is 0 Å². The van der Waals surface area contributed by atoms with E-state index in [0.29, 0.717) is 30.6 Å². The van der Waals surface area contributed by atoms with Gasteiger partial charge < -0.3 is 24.1 Å². The van der Waals surface area contributed by atoms with Gasteiger partial charge in [-0.05, 0) is 75.4 Å². The standard InChI is InChI=1S/C30H34N4O4S/c1-6-34-23-10-9-20(17-24(23)32(5)28(36)30(3,4)29(34)37)18-31-22(26-8-7-15-39-26)11-13-33-14-12-25-21(27(33)35)16-19(2)38-25/h7-10,12,14-17,22,31H,6,11,13,18H2,1-5H3. The Morgan fingerprint density at radius 1 is 1.05 bits per heavy atom. The summed E-state index contributed by atoms with van der Waals surface area (Å²) in [7, 11) is 1.73. The largest absolute Gasteiger partial charge is 0.461 e. The number of pyridine rings is 1. The molecule has 0 radical (unpaired) electrons. The Bertz CT molecular complexity index is 1580. The summed E-state index contributed by atoms with van der Waals surface area (Å²) >= 11 is 1.68. The number of carbonyl (C=O) groups excluding carboxylic acids is 2. The number of nitrogens with one attached hydrogen (secondary N) is 1. The van der Waals surface area contributed by atoms with E-state index in [1.165, 1.54) is 4.88 Å². The molecule has 1 N–H and O–H groups in total. The maximum atomic E-state index is 13.2. The van der Waals surface area contributed by atoms with E-state index >= 15 is 0 Å². The zero-order chi connectivity index (χ0) is 27.9. The smallest absolute Gasteiger partial charge is 0.261 e. The Hall–Kier alpha value is -3.69. The number of amides is 2. The minimum Gasteiger partial charge on any atom is -0.461 e. The van der Waals surface area contributed by atoms with Crippen molar-refractivity contribution in [2.24, 2.45) is 5.41 Å². The number of hydrogen-bond donors (Lipinski definition) is 1. The predicted octanol–water partition coefficient (Wildman–Crippen LogP) is 5.24. The predicted molar refractivity (Wildman–Crippen MR) is 155 cm³/mol. The molecule has 4 aromatic rings. The van der Waals surface area contributed by atoms with Crippen molar-refractivity contribution in [1.82, 2.24) is 9.88 Å². The lowest BCUT2D eigenvalue weighted by molar-refractivity contribution is -0.137. The molecule has 1 atom stereocenters. The number of benzene rings is 1. The summed E-state index contributed by atoms with van der Waals surface area (Å²) in [6, 6.07) is 13.7. The van der Waals surface area contributed by atoms with E-state index in [-0.39, 0.29) is 23.4 Å². The van der Waals surface area contributed by atoms with Gasteiger partial charge in [0.05, 0.1) is 16.8 Å². The highest BCUT2D eigenvalue weighted by Crippen LogP contribution is 2.39. The van der Waals surface area contributed by atoms with E-state index in [4.69, 9.17) is 4.42 Å². The first-order valence-electron chi connectivity index (χ1n) is 13.2. The van der Waals surface area contributed by atoms with Crippen LogP contribution in [0.15, 0.2) is 63.3 Å². The van der Waals surface area contributed by atoms with Crippen molar-refractivity contribution in [2.75, 3.05) is 23.4 Å². The average Bonchev–Trinajstić information content (AvgIpc) is 3.58. The monoisotopic (exact) mass is 546 g/mol. The van der Waals surface area contributed by atoms with E-state index in [2.05, 4.69) is 16.8 Å². The Balaban J connectivity index is 1.37. The fourth-order valence-electron chi connectivity index (χ4n) is 5.28. The van der Waals surface area contributed by atoms with Gasteiger partial charge in [0.15, 0.2) is 0 Å². The molecule has 0 saturated carbocycles. The lowest BCUT2D eigenvalue weighted by Crippen LogP contribution is -2.47. The first kappa shape index (κ1) is 26.9. The number of rotatable bonds is 8. The van der Waals surface area contributed by atoms with Gasteiger partial charge in [-0.25, -0.2) is 0 Å². The molecule has 39 heavy (non-hydrogen) atoms. The second-order valence-electron chi connectivity index (χ2n) is 10.5.